The monoisotopic (exact) mass is 302 g/mol. The molecule has 1 aliphatic heterocycles. The van der Waals surface area contributed by atoms with Crippen LogP contribution in [0.5, 0.6) is 0 Å². The van der Waals surface area contributed by atoms with Crippen LogP contribution in [0.1, 0.15) is 17.0 Å². The summed E-state index contributed by atoms with van der Waals surface area (Å²) >= 11 is 3.64. The number of nitrogens with zero attached hydrogens (tertiary/aromatic N) is 1. The Labute approximate surface area is 123 Å². The quantitative estimate of drug-likeness (QED) is 0.712. The van der Waals surface area contributed by atoms with Gasteiger partial charge in [-0.1, -0.05) is 0 Å². The van der Waals surface area contributed by atoms with Crippen LogP contribution < -0.4 is 5.32 Å². The molecule has 1 saturated heterocycles. The van der Waals surface area contributed by atoms with Gasteiger partial charge in [-0.25, -0.2) is 4.98 Å². The second kappa shape index (κ2) is 8.21. The average molecular weight is 302 g/mol. The third kappa shape index (κ3) is 5.39. The van der Waals surface area contributed by atoms with E-state index in [0.717, 1.165) is 17.9 Å². The van der Waals surface area contributed by atoms with Crippen LogP contribution in [0.2, 0.25) is 0 Å². The zero-order valence-corrected chi connectivity index (χ0v) is 12.9. The van der Waals surface area contributed by atoms with Gasteiger partial charge in [0.05, 0.1) is 30.5 Å². The lowest BCUT2D eigenvalue weighted by atomic mass is 10.2. The third-order valence-corrected chi connectivity index (χ3v) is 5.36. The summed E-state index contributed by atoms with van der Waals surface area (Å²) in [6.45, 7) is 3.71. The molecule has 19 heavy (non-hydrogen) atoms. The number of thiazole rings is 1. The summed E-state index contributed by atoms with van der Waals surface area (Å²) in [5, 5.41) is 13.2. The lowest BCUT2D eigenvalue weighted by Gasteiger charge is -2.15. The Morgan fingerprint density at radius 2 is 2.53 bits per heavy atom. The Bertz CT molecular complexity index is 367. The normalized spacial score (nSPS) is 20.8. The molecule has 0 bridgehead atoms. The van der Waals surface area contributed by atoms with E-state index in [2.05, 4.69) is 10.3 Å². The second-order valence-corrected chi connectivity index (χ2v) is 6.90. The molecule has 6 heteroatoms. The molecule has 0 spiro atoms. The van der Waals surface area contributed by atoms with Crippen LogP contribution >= 0.6 is 23.1 Å². The lowest BCUT2D eigenvalue weighted by Crippen LogP contribution is -2.37. The molecular formula is C13H22N2O2S2. The van der Waals surface area contributed by atoms with Crippen LogP contribution in [-0.4, -0.2) is 53.5 Å². The number of aliphatic hydroxyl groups excluding tert-OH is 1. The molecule has 1 aromatic rings. The van der Waals surface area contributed by atoms with Crippen LogP contribution in [0.4, 0.5) is 0 Å². The molecule has 1 aromatic heterocycles. The molecule has 108 valence electrons. The van der Waals surface area contributed by atoms with Crippen molar-refractivity contribution in [2.45, 2.75) is 31.9 Å². The highest BCUT2D eigenvalue weighted by Crippen LogP contribution is 2.16. The molecule has 2 atom stereocenters. The Morgan fingerprint density at radius 1 is 1.63 bits per heavy atom. The molecule has 2 heterocycles. The summed E-state index contributed by atoms with van der Waals surface area (Å²) in [4.78, 5) is 5.48. The largest absolute Gasteiger partial charge is 0.389 e. The van der Waals surface area contributed by atoms with Crippen molar-refractivity contribution in [3.63, 3.8) is 0 Å². The van der Waals surface area contributed by atoms with Gasteiger partial charge in [-0.3, -0.25) is 0 Å². The molecule has 2 rings (SSSR count). The smallest absolute Gasteiger partial charge is 0.0897 e. The fourth-order valence-corrected chi connectivity index (χ4v) is 3.96. The maximum Gasteiger partial charge on any atom is 0.0897 e. The highest BCUT2D eigenvalue weighted by Gasteiger charge is 2.16. The summed E-state index contributed by atoms with van der Waals surface area (Å²) in [7, 11) is 0. The molecule has 2 unspecified atom stereocenters. The number of aromatic nitrogens is 1. The van der Waals surface area contributed by atoms with Crippen molar-refractivity contribution in [2.24, 2.45) is 0 Å². The van der Waals surface area contributed by atoms with Crippen LogP contribution in [-0.2, 0) is 11.2 Å². The van der Waals surface area contributed by atoms with Crippen molar-refractivity contribution in [2.75, 3.05) is 31.3 Å². The zero-order chi connectivity index (χ0) is 13.5. The summed E-state index contributed by atoms with van der Waals surface area (Å²) < 4.78 is 5.52. The van der Waals surface area contributed by atoms with E-state index in [1.807, 2.05) is 24.2 Å². The molecule has 0 amide bonds. The van der Waals surface area contributed by atoms with Gasteiger partial charge in [0.25, 0.3) is 0 Å². The number of hydrogen-bond donors (Lipinski definition) is 2. The van der Waals surface area contributed by atoms with E-state index >= 15 is 0 Å². The summed E-state index contributed by atoms with van der Waals surface area (Å²) in [6.07, 6.45) is 1.69. The standard InChI is InChI=1S/C13H22N2O2S2/c1-10-13(19-9-15-10)2-4-17-7-12(16)6-14-11-3-5-18-8-11/h9,11-12,14,16H,2-8H2,1H3. The fraction of sp³-hybridized carbons (Fsp3) is 0.769. The van der Waals surface area contributed by atoms with Crippen LogP contribution in [0.15, 0.2) is 5.51 Å². The van der Waals surface area contributed by atoms with Gasteiger partial charge in [-0.2, -0.15) is 11.8 Å². The van der Waals surface area contributed by atoms with E-state index in [4.69, 9.17) is 4.74 Å². The van der Waals surface area contributed by atoms with Crippen LogP contribution in [0.25, 0.3) is 0 Å². The highest BCUT2D eigenvalue weighted by atomic mass is 32.2. The first-order valence-corrected chi connectivity index (χ1v) is 8.75. The Hall–Kier alpha value is -0.140. The van der Waals surface area contributed by atoms with E-state index in [0.29, 0.717) is 25.8 Å². The van der Waals surface area contributed by atoms with Gasteiger partial charge >= 0.3 is 0 Å². The predicted octanol–water partition coefficient (Wildman–Crippen LogP) is 1.47. The fourth-order valence-electron chi connectivity index (χ4n) is 2.01. The second-order valence-electron chi connectivity index (χ2n) is 4.81. The highest BCUT2D eigenvalue weighted by molar-refractivity contribution is 7.99. The Balaban J connectivity index is 1.51. The zero-order valence-electron chi connectivity index (χ0n) is 11.3. The van der Waals surface area contributed by atoms with Crippen molar-refractivity contribution in [3.05, 3.63) is 16.1 Å². The van der Waals surface area contributed by atoms with Gasteiger partial charge in [0, 0.05) is 29.6 Å². The van der Waals surface area contributed by atoms with Crippen molar-refractivity contribution >= 4 is 23.1 Å². The SMILES string of the molecule is Cc1ncsc1CCOCC(O)CNC1CCSC1. The van der Waals surface area contributed by atoms with Gasteiger partial charge in [0.1, 0.15) is 0 Å². The van der Waals surface area contributed by atoms with Crippen molar-refractivity contribution in [3.8, 4) is 0 Å². The number of hydrogen-bond acceptors (Lipinski definition) is 6. The first-order valence-electron chi connectivity index (χ1n) is 6.71. The minimum atomic E-state index is -0.409. The molecule has 1 fully saturated rings. The van der Waals surface area contributed by atoms with E-state index < -0.39 is 6.10 Å². The number of nitrogens with one attached hydrogen (secondary N) is 1. The topological polar surface area (TPSA) is 54.4 Å². The van der Waals surface area contributed by atoms with Crippen LogP contribution in [0.3, 0.4) is 0 Å². The van der Waals surface area contributed by atoms with Gasteiger partial charge in [-0.15, -0.1) is 11.3 Å². The summed E-state index contributed by atoms with van der Waals surface area (Å²) in [6, 6.07) is 0.569. The maximum atomic E-state index is 9.82. The Morgan fingerprint density at radius 3 is 3.21 bits per heavy atom. The number of aliphatic hydroxyl groups is 1. The third-order valence-electron chi connectivity index (χ3n) is 3.20. The molecule has 0 aromatic carbocycles. The molecule has 0 radical (unpaired) electrons. The average Bonchev–Trinajstić information content (AvgIpc) is 3.04. The molecular weight excluding hydrogens is 280 g/mol. The van der Waals surface area contributed by atoms with E-state index in [9.17, 15) is 5.11 Å². The van der Waals surface area contributed by atoms with Crippen molar-refractivity contribution in [1.82, 2.24) is 10.3 Å². The molecule has 0 saturated carbocycles. The van der Waals surface area contributed by atoms with Crippen LogP contribution in [0, 0.1) is 6.92 Å². The van der Waals surface area contributed by atoms with E-state index in [1.165, 1.54) is 17.1 Å². The van der Waals surface area contributed by atoms with E-state index in [1.54, 1.807) is 11.3 Å². The number of rotatable bonds is 8. The first kappa shape index (κ1) is 15.3. The number of thioether (sulfide) groups is 1. The minimum Gasteiger partial charge on any atom is -0.389 e. The summed E-state index contributed by atoms with van der Waals surface area (Å²) in [5.74, 6) is 2.40. The lowest BCUT2D eigenvalue weighted by molar-refractivity contribution is 0.0375. The van der Waals surface area contributed by atoms with E-state index in [-0.39, 0.29) is 0 Å². The maximum absolute atomic E-state index is 9.82. The number of aryl methyl sites for hydroxylation is 1. The van der Waals surface area contributed by atoms with Crippen molar-refractivity contribution in [1.29, 1.82) is 0 Å². The molecule has 1 aliphatic rings. The Kier molecular flexibility index (Phi) is 6.59. The van der Waals surface area contributed by atoms with Gasteiger partial charge in [-0.05, 0) is 19.1 Å². The van der Waals surface area contributed by atoms with Gasteiger partial charge in [0.2, 0.25) is 0 Å². The first-order chi connectivity index (χ1) is 9.25. The molecule has 4 nitrogen and oxygen atoms in total. The minimum absolute atomic E-state index is 0.407. The number of ether oxygens (including phenoxy) is 1. The molecule has 0 aliphatic carbocycles. The molecule has 2 N–H and O–H groups in total. The van der Waals surface area contributed by atoms with Gasteiger partial charge < -0.3 is 15.2 Å². The van der Waals surface area contributed by atoms with Gasteiger partial charge in [0.15, 0.2) is 0 Å². The summed E-state index contributed by atoms with van der Waals surface area (Å²) in [5.41, 5.74) is 2.96. The van der Waals surface area contributed by atoms with Crippen molar-refractivity contribution < 1.29 is 9.84 Å². The predicted molar refractivity (Wildman–Crippen MR) is 81.1 cm³/mol.